The molecule has 2 aromatic carbocycles. The number of carboxylic acids is 1. The maximum Gasteiger partial charge on any atom is 0.341 e. The van der Waals surface area contributed by atoms with Crippen molar-refractivity contribution in [1.29, 1.82) is 0 Å². The maximum atomic E-state index is 12.3. The van der Waals surface area contributed by atoms with E-state index in [0.29, 0.717) is 28.9 Å². The van der Waals surface area contributed by atoms with E-state index in [4.69, 9.17) is 9.47 Å². The largest absolute Gasteiger partial charge is 0.477 e. The predicted molar refractivity (Wildman–Crippen MR) is 86.8 cm³/mol. The fourth-order valence-electron chi connectivity index (χ4n) is 2.86. The molecule has 6 heteroatoms. The Morgan fingerprint density at radius 1 is 1.12 bits per heavy atom. The van der Waals surface area contributed by atoms with Gasteiger partial charge in [-0.25, -0.2) is 4.79 Å². The van der Waals surface area contributed by atoms with E-state index >= 15 is 0 Å². The summed E-state index contributed by atoms with van der Waals surface area (Å²) >= 11 is 0. The number of carbonyl (C=O) groups is 1. The minimum absolute atomic E-state index is 0.197. The van der Waals surface area contributed by atoms with Crippen LogP contribution < -0.4 is 14.9 Å². The van der Waals surface area contributed by atoms with E-state index in [1.807, 2.05) is 24.3 Å². The lowest BCUT2D eigenvalue weighted by Gasteiger charge is -2.12. The molecule has 4 rings (SSSR count). The molecule has 0 saturated carbocycles. The Morgan fingerprint density at radius 2 is 1.92 bits per heavy atom. The zero-order valence-corrected chi connectivity index (χ0v) is 12.6. The fraction of sp³-hybridized carbons (Fsp3) is 0.111. The van der Waals surface area contributed by atoms with E-state index in [-0.39, 0.29) is 12.4 Å². The molecule has 0 saturated heterocycles. The van der Waals surface area contributed by atoms with Crippen molar-refractivity contribution in [2.45, 2.75) is 6.54 Å². The molecule has 3 aromatic rings. The molecule has 120 valence electrons. The van der Waals surface area contributed by atoms with E-state index in [0.717, 1.165) is 5.56 Å². The Labute approximate surface area is 136 Å². The second kappa shape index (κ2) is 5.42. The molecule has 24 heavy (non-hydrogen) atoms. The maximum absolute atomic E-state index is 12.3. The third-order valence-corrected chi connectivity index (χ3v) is 4.01. The number of fused-ring (bicyclic) bond motifs is 2. The van der Waals surface area contributed by atoms with Crippen LogP contribution in [-0.4, -0.2) is 22.4 Å². The number of aromatic nitrogens is 1. The van der Waals surface area contributed by atoms with Crippen LogP contribution in [-0.2, 0) is 6.54 Å². The van der Waals surface area contributed by atoms with E-state index in [1.165, 1.54) is 6.20 Å². The van der Waals surface area contributed by atoms with Crippen LogP contribution >= 0.6 is 0 Å². The highest BCUT2D eigenvalue weighted by Gasteiger charge is 2.16. The van der Waals surface area contributed by atoms with Crippen molar-refractivity contribution in [3.8, 4) is 11.5 Å². The van der Waals surface area contributed by atoms with Gasteiger partial charge in [-0.05, 0) is 29.8 Å². The van der Waals surface area contributed by atoms with Gasteiger partial charge in [0.15, 0.2) is 11.5 Å². The number of carboxylic acid groups (broad SMARTS) is 1. The molecular formula is C18H13NO5. The standard InChI is InChI=1S/C18H13NO5/c20-17-12-3-1-2-4-14(12)19(9-13(17)18(21)22)8-11-5-6-15-16(7-11)24-10-23-15/h1-7,9H,8,10H2,(H,21,22). The minimum atomic E-state index is -1.23. The van der Waals surface area contributed by atoms with Crippen LogP contribution in [0.2, 0.25) is 0 Å². The molecule has 6 nitrogen and oxygen atoms in total. The number of ether oxygens (including phenoxy) is 2. The van der Waals surface area contributed by atoms with Crippen LogP contribution in [0.3, 0.4) is 0 Å². The molecule has 1 aliphatic heterocycles. The Bertz CT molecular complexity index is 1020. The molecule has 0 fully saturated rings. The van der Waals surface area contributed by atoms with Crippen LogP contribution in [0.25, 0.3) is 10.9 Å². The second-order valence-electron chi connectivity index (χ2n) is 5.51. The van der Waals surface area contributed by atoms with Crippen molar-refractivity contribution in [2.75, 3.05) is 6.79 Å². The average Bonchev–Trinajstić information content (AvgIpc) is 3.05. The summed E-state index contributed by atoms with van der Waals surface area (Å²) in [5.74, 6) is 0.122. The van der Waals surface area contributed by atoms with Gasteiger partial charge >= 0.3 is 5.97 Å². The lowest BCUT2D eigenvalue weighted by atomic mass is 10.1. The summed E-state index contributed by atoms with van der Waals surface area (Å²) in [5, 5.41) is 9.68. The summed E-state index contributed by atoms with van der Waals surface area (Å²) < 4.78 is 12.4. The quantitative estimate of drug-likeness (QED) is 0.801. The summed E-state index contributed by atoms with van der Waals surface area (Å²) in [6.07, 6.45) is 1.39. The molecule has 0 aliphatic carbocycles. The van der Waals surface area contributed by atoms with Crippen LogP contribution in [0, 0.1) is 0 Å². The van der Waals surface area contributed by atoms with Crippen molar-refractivity contribution in [3.05, 3.63) is 70.0 Å². The van der Waals surface area contributed by atoms with Crippen LogP contribution in [0.5, 0.6) is 11.5 Å². The highest BCUT2D eigenvalue weighted by Crippen LogP contribution is 2.32. The predicted octanol–water partition coefficient (Wildman–Crippen LogP) is 2.48. The van der Waals surface area contributed by atoms with E-state index in [9.17, 15) is 14.7 Å². The van der Waals surface area contributed by atoms with Gasteiger partial charge < -0.3 is 19.1 Å². The number of aromatic carboxylic acids is 1. The number of nitrogens with zero attached hydrogens (tertiary/aromatic N) is 1. The monoisotopic (exact) mass is 323 g/mol. The third-order valence-electron chi connectivity index (χ3n) is 4.01. The first-order chi connectivity index (χ1) is 11.6. The molecule has 2 heterocycles. The summed E-state index contributed by atoms with van der Waals surface area (Å²) in [6, 6.07) is 12.5. The zero-order valence-electron chi connectivity index (χ0n) is 12.6. The van der Waals surface area contributed by atoms with Gasteiger partial charge in [0.05, 0.1) is 5.52 Å². The summed E-state index contributed by atoms with van der Waals surface area (Å²) in [4.78, 5) is 23.7. The Morgan fingerprint density at radius 3 is 2.75 bits per heavy atom. The normalized spacial score (nSPS) is 12.5. The average molecular weight is 323 g/mol. The molecule has 1 aromatic heterocycles. The van der Waals surface area contributed by atoms with Gasteiger partial charge in [0.2, 0.25) is 12.2 Å². The SMILES string of the molecule is O=C(O)c1cn(Cc2ccc3c(c2)OCO3)c2ccccc2c1=O. The zero-order chi connectivity index (χ0) is 16.7. The van der Waals surface area contributed by atoms with E-state index in [1.54, 1.807) is 22.8 Å². The van der Waals surface area contributed by atoms with Gasteiger partial charge in [0, 0.05) is 18.1 Å². The second-order valence-corrected chi connectivity index (χ2v) is 5.51. The van der Waals surface area contributed by atoms with Gasteiger partial charge in [-0.3, -0.25) is 4.79 Å². The van der Waals surface area contributed by atoms with Crippen molar-refractivity contribution >= 4 is 16.9 Å². The topological polar surface area (TPSA) is 77.8 Å². The molecule has 0 spiro atoms. The number of hydrogen-bond donors (Lipinski definition) is 1. The smallest absolute Gasteiger partial charge is 0.341 e. The van der Waals surface area contributed by atoms with E-state index in [2.05, 4.69) is 0 Å². The first-order valence-electron chi connectivity index (χ1n) is 7.37. The molecule has 0 unspecified atom stereocenters. The summed E-state index contributed by atoms with van der Waals surface area (Å²) in [7, 11) is 0. The molecule has 0 bridgehead atoms. The highest BCUT2D eigenvalue weighted by atomic mass is 16.7. The molecule has 0 radical (unpaired) electrons. The molecule has 0 atom stereocenters. The Hall–Kier alpha value is -3.28. The van der Waals surface area contributed by atoms with Gasteiger partial charge in [0.25, 0.3) is 0 Å². The molecule has 1 N–H and O–H groups in total. The number of hydrogen-bond acceptors (Lipinski definition) is 4. The summed E-state index contributed by atoms with van der Waals surface area (Å²) in [5.41, 5.74) is 0.893. The minimum Gasteiger partial charge on any atom is -0.477 e. The number of pyridine rings is 1. The highest BCUT2D eigenvalue weighted by molar-refractivity contribution is 5.92. The first kappa shape index (κ1) is 14.3. The Balaban J connectivity index is 1.85. The van der Waals surface area contributed by atoms with Crippen LogP contribution in [0.4, 0.5) is 0 Å². The lowest BCUT2D eigenvalue weighted by molar-refractivity contribution is 0.0695. The molecule has 0 amide bonds. The van der Waals surface area contributed by atoms with Gasteiger partial charge in [-0.1, -0.05) is 18.2 Å². The summed E-state index contributed by atoms with van der Waals surface area (Å²) in [6.45, 7) is 0.612. The van der Waals surface area contributed by atoms with E-state index < -0.39 is 11.4 Å². The Kier molecular flexibility index (Phi) is 3.23. The number of rotatable bonds is 3. The van der Waals surface area contributed by atoms with Crippen LogP contribution in [0.15, 0.2) is 53.5 Å². The van der Waals surface area contributed by atoms with Crippen molar-refractivity contribution < 1.29 is 19.4 Å². The van der Waals surface area contributed by atoms with Gasteiger partial charge in [0.1, 0.15) is 5.56 Å². The van der Waals surface area contributed by atoms with Crippen LogP contribution in [0.1, 0.15) is 15.9 Å². The van der Waals surface area contributed by atoms with Crippen molar-refractivity contribution in [1.82, 2.24) is 4.57 Å². The first-order valence-corrected chi connectivity index (χ1v) is 7.37. The van der Waals surface area contributed by atoms with Gasteiger partial charge in [-0.15, -0.1) is 0 Å². The van der Waals surface area contributed by atoms with Crippen molar-refractivity contribution in [3.63, 3.8) is 0 Å². The fourth-order valence-corrected chi connectivity index (χ4v) is 2.86. The molecule has 1 aliphatic rings. The lowest BCUT2D eigenvalue weighted by Crippen LogP contribution is -2.19. The van der Waals surface area contributed by atoms with Gasteiger partial charge in [-0.2, -0.15) is 0 Å². The van der Waals surface area contributed by atoms with Crippen molar-refractivity contribution in [2.24, 2.45) is 0 Å². The third kappa shape index (κ3) is 2.28. The molecular weight excluding hydrogens is 310 g/mol. The number of para-hydroxylation sites is 1. The number of benzene rings is 2.